The SMILES string of the molecule is CC1=Nc2ccccc2N=C(NC(=O)Cc2cccs2)[C@@H]1c1ccccc1. The van der Waals surface area contributed by atoms with Gasteiger partial charge in [0.1, 0.15) is 5.84 Å². The molecule has 0 saturated carbocycles. The van der Waals surface area contributed by atoms with Crippen LogP contribution in [0.25, 0.3) is 0 Å². The predicted molar refractivity (Wildman–Crippen MR) is 112 cm³/mol. The Morgan fingerprint density at radius 3 is 2.37 bits per heavy atom. The van der Waals surface area contributed by atoms with Gasteiger partial charge in [-0.2, -0.15) is 0 Å². The third-order valence-electron chi connectivity index (χ3n) is 4.43. The number of hydrogen-bond donors (Lipinski definition) is 1. The average Bonchev–Trinajstić information content (AvgIpc) is 3.12. The molecule has 1 aliphatic rings. The molecule has 0 fully saturated rings. The van der Waals surface area contributed by atoms with Gasteiger partial charge in [0.05, 0.1) is 23.7 Å². The number of para-hydroxylation sites is 2. The van der Waals surface area contributed by atoms with E-state index in [-0.39, 0.29) is 11.8 Å². The van der Waals surface area contributed by atoms with Gasteiger partial charge in [-0.1, -0.05) is 48.5 Å². The molecule has 27 heavy (non-hydrogen) atoms. The predicted octanol–water partition coefficient (Wildman–Crippen LogP) is 5.03. The first-order chi connectivity index (χ1) is 13.2. The summed E-state index contributed by atoms with van der Waals surface area (Å²) in [5.74, 6) is 0.365. The van der Waals surface area contributed by atoms with Gasteiger partial charge in [0.2, 0.25) is 5.91 Å². The van der Waals surface area contributed by atoms with Gasteiger partial charge in [0, 0.05) is 10.6 Å². The Hall–Kier alpha value is -3.05. The number of benzene rings is 2. The Balaban J connectivity index is 1.73. The lowest BCUT2D eigenvalue weighted by Gasteiger charge is -2.19. The van der Waals surface area contributed by atoms with E-state index in [0.29, 0.717) is 12.3 Å². The van der Waals surface area contributed by atoms with Crippen molar-refractivity contribution in [3.05, 3.63) is 82.6 Å². The Morgan fingerprint density at radius 1 is 0.963 bits per heavy atom. The monoisotopic (exact) mass is 373 g/mol. The van der Waals surface area contributed by atoms with Crippen LogP contribution in [0.1, 0.15) is 23.3 Å². The number of thiophene rings is 1. The summed E-state index contributed by atoms with van der Waals surface area (Å²) in [5.41, 5.74) is 3.54. The maximum Gasteiger partial charge on any atom is 0.230 e. The van der Waals surface area contributed by atoms with Crippen molar-refractivity contribution in [2.24, 2.45) is 9.98 Å². The Kier molecular flexibility index (Phi) is 4.94. The zero-order chi connectivity index (χ0) is 18.6. The van der Waals surface area contributed by atoms with Crippen LogP contribution in [0.3, 0.4) is 0 Å². The van der Waals surface area contributed by atoms with Gasteiger partial charge in [0.15, 0.2) is 0 Å². The van der Waals surface area contributed by atoms with E-state index >= 15 is 0 Å². The minimum Gasteiger partial charge on any atom is -0.313 e. The van der Waals surface area contributed by atoms with Crippen LogP contribution >= 0.6 is 11.3 Å². The van der Waals surface area contributed by atoms with Crippen LogP contribution in [0.4, 0.5) is 11.4 Å². The number of nitrogens with zero attached hydrogens (tertiary/aromatic N) is 2. The maximum atomic E-state index is 12.7. The van der Waals surface area contributed by atoms with Crippen LogP contribution in [0.5, 0.6) is 0 Å². The van der Waals surface area contributed by atoms with E-state index in [4.69, 9.17) is 9.98 Å². The van der Waals surface area contributed by atoms with Gasteiger partial charge in [-0.25, -0.2) is 4.99 Å². The molecule has 0 radical (unpaired) electrons. The van der Waals surface area contributed by atoms with Gasteiger partial charge in [0.25, 0.3) is 0 Å². The Morgan fingerprint density at radius 2 is 1.67 bits per heavy atom. The van der Waals surface area contributed by atoms with Crippen molar-refractivity contribution in [2.75, 3.05) is 0 Å². The Bertz CT molecular complexity index is 1010. The van der Waals surface area contributed by atoms with Crippen molar-refractivity contribution >= 4 is 40.2 Å². The number of amidine groups is 1. The molecule has 2 aromatic carbocycles. The lowest BCUT2D eigenvalue weighted by atomic mass is 9.93. The highest BCUT2D eigenvalue weighted by Crippen LogP contribution is 2.34. The normalized spacial score (nSPS) is 16.0. The van der Waals surface area contributed by atoms with E-state index in [2.05, 4.69) is 5.32 Å². The number of carbonyl (C=O) groups excluding carboxylic acids is 1. The number of aliphatic imine (C=N–C) groups is 2. The minimum absolute atomic E-state index is 0.0655. The third kappa shape index (κ3) is 3.88. The standard InChI is InChI=1S/C22H19N3OS/c1-15-21(16-8-3-2-4-9-16)22(24-19-12-6-5-11-18(19)23-15)25-20(26)14-17-10-7-13-27-17/h2-13,21H,14H2,1H3,(H,24,25,26)/t21-/m0/s1. The first-order valence-electron chi connectivity index (χ1n) is 8.80. The molecule has 134 valence electrons. The fourth-order valence-corrected chi connectivity index (χ4v) is 3.91. The molecule has 5 heteroatoms. The molecular formula is C22H19N3OS. The van der Waals surface area contributed by atoms with E-state index in [1.54, 1.807) is 11.3 Å². The minimum atomic E-state index is -0.189. The average molecular weight is 373 g/mol. The molecule has 0 bridgehead atoms. The van der Waals surface area contributed by atoms with Crippen molar-refractivity contribution in [1.82, 2.24) is 5.32 Å². The largest absolute Gasteiger partial charge is 0.313 e. The molecule has 0 spiro atoms. The first-order valence-corrected chi connectivity index (χ1v) is 9.68. The summed E-state index contributed by atoms with van der Waals surface area (Å²) in [6.07, 6.45) is 0.343. The number of rotatable bonds is 3. The van der Waals surface area contributed by atoms with Gasteiger partial charge in [-0.15, -0.1) is 11.3 Å². The van der Waals surface area contributed by atoms with Crippen molar-refractivity contribution < 1.29 is 4.79 Å². The number of hydrogen-bond acceptors (Lipinski definition) is 4. The second kappa shape index (κ2) is 7.68. The molecule has 4 nitrogen and oxygen atoms in total. The number of carbonyl (C=O) groups is 1. The fourth-order valence-electron chi connectivity index (χ4n) is 3.20. The topological polar surface area (TPSA) is 53.8 Å². The third-order valence-corrected chi connectivity index (χ3v) is 5.30. The highest BCUT2D eigenvalue weighted by Gasteiger charge is 2.26. The highest BCUT2D eigenvalue weighted by atomic mass is 32.1. The van der Waals surface area contributed by atoms with Gasteiger partial charge < -0.3 is 5.32 Å². The van der Waals surface area contributed by atoms with Crippen molar-refractivity contribution in [3.8, 4) is 0 Å². The lowest BCUT2D eigenvalue weighted by Crippen LogP contribution is -2.37. The number of amides is 1. The van der Waals surface area contributed by atoms with Crippen LogP contribution in [0.15, 0.2) is 82.1 Å². The quantitative estimate of drug-likeness (QED) is 0.688. The first kappa shape index (κ1) is 17.4. The summed E-state index contributed by atoms with van der Waals surface area (Å²) in [6, 6.07) is 21.7. The molecule has 0 aliphatic carbocycles. The maximum absolute atomic E-state index is 12.7. The molecular weight excluding hydrogens is 354 g/mol. The molecule has 1 aromatic heterocycles. The molecule has 0 saturated heterocycles. The summed E-state index contributed by atoms with van der Waals surface area (Å²) >= 11 is 1.58. The molecule has 1 aliphatic heterocycles. The molecule has 1 N–H and O–H groups in total. The van der Waals surface area contributed by atoms with Crippen molar-refractivity contribution in [3.63, 3.8) is 0 Å². The van der Waals surface area contributed by atoms with Crippen LogP contribution < -0.4 is 5.32 Å². The van der Waals surface area contributed by atoms with E-state index in [9.17, 15) is 4.79 Å². The molecule has 0 unspecified atom stereocenters. The van der Waals surface area contributed by atoms with E-state index in [1.807, 2.05) is 79.0 Å². The zero-order valence-corrected chi connectivity index (χ0v) is 15.7. The molecule has 3 aromatic rings. The summed E-state index contributed by atoms with van der Waals surface area (Å²) in [4.78, 5) is 23.3. The molecule has 1 amide bonds. The second-order valence-electron chi connectivity index (χ2n) is 6.39. The highest BCUT2D eigenvalue weighted by molar-refractivity contribution is 7.10. The molecule has 1 atom stereocenters. The molecule has 4 rings (SSSR count). The van der Waals surface area contributed by atoms with Crippen molar-refractivity contribution in [2.45, 2.75) is 19.3 Å². The zero-order valence-electron chi connectivity index (χ0n) is 14.9. The summed E-state index contributed by atoms with van der Waals surface area (Å²) in [6.45, 7) is 1.99. The number of fused-ring (bicyclic) bond motifs is 1. The van der Waals surface area contributed by atoms with Gasteiger partial charge in [-0.05, 0) is 36.1 Å². The van der Waals surface area contributed by atoms with E-state index < -0.39 is 0 Å². The smallest absolute Gasteiger partial charge is 0.230 e. The van der Waals surface area contributed by atoms with Crippen LogP contribution in [0, 0.1) is 0 Å². The fraction of sp³-hybridized carbons (Fsp3) is 0.136. The summed E-state index contributed by atoms with van der Waals surface area (Å²) in [5, 5.41) is 5.03. The second-order valence-corrected chi connectivity index (χ2v) is 7.42. The number of nitrogens with one attached hydrogen (secondary N) is 1. The van der Waals surface area contributed by atoms with Crippen LogP contribution in [0.2, 0.25) is 0 Å². The lowest BCUT2D eigenvalue weighted by molar-refractivity contribution is -0.119. The van der Waals surface area contributed by atoms with Gasteiger partial charge in [-0.3, -0.25) is 9.79 Å². The van der Waals surface area contributed by atoms with Crippen molar-refractivity contribution in [1.29, 1.82) is 0 Å². The van der Waals surface area contributed by atoms with E-state index in [0.717, 1.165) is 27.5 Å². The van der Waals surface area contributed by atoms with Gasteiger partial charge >= 0.3 is 0 Å². The van der Waals surface area contributed by atoms with Crippen LogP contribution in [-0.2, 0) is 11.2 Å². The molecule has 2 heterocycles. The summed E-state index contributed by atoms with van der Waals surface area (Å²) in [7, 11) is 0. The van der Waals surface area contributed by atoms with Crippen LogP contribution in [-0.4, -0.2) is 17.5 Å². The Labute approximate surface area is 162 Å². The summed E-state index contributed by atoms with van der Waals surface area (Å²) < 4.78 is 0. The van der Waals surface area contributed by atoms with E-state index in [1.165, 1.54) is 0 Å².